The molecule has 0 unspecified atom stereocenters. The van der Waals surface area contributed by atoms with Gasteiger partial charge in [0.1, 0.15) is 18.2 Å². The highest BCUT2D eigenvalue weighted by atomic mass is 19.2. The van der Waals surface area contributed by atoms with E-state index in [4.69, 9.17) is 4.74 Å². The molecule has 0 amide bonds. The summed E-state index contributed by atoms with van der Waals surface area (Å²) in [6, 6.07) is 9.24. The summed E-state index contributed by atoms with van der Waals surface area (Å²) in [5.74, 6) is -0.990. The van der Waals surface area contributed by atoms with Crippen molar-refractivity contribution in [2.24, 2.45) is 5.92 Å². The normalized spacial score (nSPS) is 20.2. The second-order valence-corrected chi connectivity index (χ2v) is 7.22. The van der Waals surface area contributed by atoms with Crippen LogP contribution >= 0.6 is 0 Å². The summed E-state index contributed by atoms with van der Waals surface area (Å²) in [5.41, 5.74) is 1.31. The number of hydrogen-bond donors (Lipinski definition) is 0. The van der Waals surface area contributed by atoms with Crippen LogP contribution in [0.15, 0.2) is 36.4 Å². The van der Waals surface area contributed by atoms with Crippen molar-refractivity contribution in [3.8, 4) is 5.75 Å². The van der Waals surface area contributed by atoms with Gasteiger partial charge in [-0.2, -0.15) is 0 Å². The van der Waals surface area contributed by atoms with E-state index in [1.807, 2.05) is 12.1 Å². The fourth-order valence-electron chi connectivity index (χ4n) is 3.86. The van der Waals surface area contributed by atoms with Crippen LogP contribution in [0.3, 0.4) is 0 Å². The van der Waals surface area contributed by atoms with Crippen LogP contribution in [-0.2, 0) is 6.61 Å². The van der Waals surface area contributed by atoms with E-state index in [2.05, 4.69) is 19.1 Å². The number of rotatable bonds is 6. The molecule has 1 aliphatic carbocycles. The number of hydrogen-bond acceptors (Lipinski definition) is 1. The lowest BCUT2D eigenvalue weighted by Gasteiger charge is -2.28. The van der Waals surface area contributed by atoms with Gasteiger partial charge < -0.3 is 4.74 Å². The summed E-state index contributed by atoms with van der Waals surface area (Å²) in [6.07, 6.45) is 7.65. The molecule has 2 aromatic rings. The van der Waals surface area contributed by atoms with Crippen molar-refractivity contribution >= 4 is 0 Å². The average Bonchev–Trinajstić information content (AvgIpc) is 2.65. The molecule has 1 nitrogen and oxygen atoms in total. The van der Waals surface area contributed by atoms with E-state index in [0.717, 1.165) is 12.0 Å². The van der Waals surface area contributed by atoms with Crippen LogP contribution in [0, 0.1) is 23.4 Å². The maximum atomic E-state index is 13.6. The molecule has 0 radical (unpaired) electrons. The van der Waals surface area contributed by atoms with Gasteiger partial charge in [0, 0.05) is 11.6 Å². The van der Waals surface area contributed by atoms with E-state index in [9.17, 15) is 13.2 Å². The smallest absolute Gasteiger partial charge is 0.161 e. The molecule has 0 N–H and O–H groups in total. The van der Waals surface area contributed by atoms with Crippen molar-refractivity contribution in [3.05, 3.63) is 65.0 Å². The van der Waals surface area contributed by atoms with E-state index in [0.29, 0.717) is 17.7 Å². The van der Waals surface area contributed by atoms with Gasteiger partial charge in [-0.25, -0.2) is 13.2 Å². The third kappa shape index (κ3) is 4.60. The highest BCUT2D eigenvalue weighted by molar-refractivity contribution is 5.30. The first-order chi connectivity index (χ1) is 12.6. The summed E-state index contributed by atoms with van der Waals surface area (Å²) >= 11 is 0. The van der Waals surface area contributed by atoms with Gasteiger partial charge in [0.25, 0.3) is 0 Å². The van der Waals surface area contributed by atoms with Crippen molar-refractivity contribution in [2.45, 2.75) is 58.0 Å². The molecule has 0 aliphatic heterocycles. The molecule has 0 bridgehead atoms. The zero-order valence-corrected chi connectivity index (χ0v) is 15.1. The second-order valence-electron chi connectivity index (χ2n) is 7.22. The minimum Gasteiger partial charge on any atom is -0.489 e. The highest BCUT2D eigenvalue weighted by Gasteiger charge is 2.21. The first kappa shape index (κ1) is 18.8. The van der Waals surface area contributed by atoms with Crippen LogP contribution in [-0.4, -0.2) is 0 Å². The standard InChI is InChI=1S/C22H25F3O/c1-2-3-15-4-6-16(7-5-15)17-8-10-19(11-9-17)26-14-18-12-21(24)22(25)13-20(18)23/h8-13,15-16H,2-7,14H2,1H3/t15-,16-. The van der Waals surface area contributed by atoms with Crippen molar-refractivity contribution in [3.63, 3.8) is 0 Å². The molecule has 2 aromatic carbocycles. The highest BCUT2D eigenvalue weighted by Crippen LogP contribution is 2.37. The SMILES string of the molecule is CCC[C@H]1CC[C@H](c2ccc(OCc3cc(F)c(F)cc3F)cc2)CC1. The summed E-state index contributed by atoms with van der Waals surface area (Å²) < 4.78 is 45.3. The molecule has 1 aliphatic rings. The third-order valence-electron chi connectivity index (χ3n) is 5.38. The largest absolute Gasteiger partial charge is 0.489 e. The Bertz CT molecular complexity index is 719. The molecule has 140 valence electrons. The lowest BCUT2D eigenvalue weighted by Crippen LogP contribution is -2.13. The van der Waals surface area contributed by atoms with Crippen molar-refractivity contribution < 1.29 is 17.9 Å². The maximum Gasteiger partial charge on any atom is 0.161 e. The molecule has 4 heteroatoms. The van der Waals surface area contributed by atoms with Gasteiger partial charge in [0.15, 0.2) is 11.6 Å². The molecule has 26 heavy (non-hydrogen) atoms. The Hall–Kier alpha value is -1.97. The summed E-state index contributed by atoms with van der Waals surface area (Å²) in [5, 5.41) is 0. The molecule has 0 heterocycles. The Balaban J connectivity index is 1.56. The molecule has 0 saturated heterocycles. The van der Waals surface area contributed by atoms with Crippen LogP contribution in [0.2, 0.25) is 0 Å². The van der Waals surface area contributed by atoms with Gasteiger partial charge in [0.2, 0.25) is 0 Å². The van der Waals surface area contributed by atoms with Gasteiger partial charge in [-0.1, -0.05) is 31.9 Å². The van der Waals surface area contributed by atoms with Crippen LogP contribution in [0.5, 0.6) is 5.75 Å². The first-order valence-electron chi connectivity index (χ1n) is 9.43. The topological polar surface area (TPSA) is 9.23 Å². The molecule has 0 aromatic heterocycles. The number of benzene rings is 2. The number of ether oxygens (including phenoxy) is 1. The minimum atomic E-state index is -1.19. The predicted molar refractivity (Wildman–Crippen MR) is 96.7 cm³/mol. The van der Waals surface area contributed by atoms with E-state index >= 15 is 0 Å². The maximum absolute atomic E-state index is 13.6. The fourth-order valence-corrected chi connectivity index (χ4v) is 3.86. The van der Waals surface area contributed by atoms with Crippen molar-refractivity contribution in [1.29, 1.82) is 0 Å². The lowest BCUT2D eigenvalue weighted by atomic mass is 9.77. The van der Waals surface area contributed by atoms with Crippen LogP contribution in [0.1, 0.15) is 62.5 Å². The van der Waals surface area contributed by atoms with Gasteiger partial charge in [-0.05, 0) is 61.3 Å². The summed E-state index contributed by atoms with van der Waals surface area (Å²) in [4.78, 5) is 0. The van der Waals surface area contributed by atoms with Crippen molar-refractivity contribution in [1.82, 2.24) is 0 Å². The van der Waals surface area contributed by atoms with E-state index in [1.165, 1.54) is 44.1 Å². The Kier molecular flexibility index (Phi) is 6.23. The predicted octanol–water partition coefficient (Wildman–Crippen LogP) is 6.76. The Morgan fingerprint density at radius 3 is 2.19 bits per heavy atom. The molecule has 1 fully saturated rings. The summed E-state index contributed by atoms with van der Waals surface area (Å²) in [7, 11) is 0. The zero-order chi connectivity index (χ0) is 18.5. The van der Waals surface area contributed by atoms with Crippen LogP contribution in [0.25, 0.3) is 0 Å². The number of halogens is 3. The molecule has 0 spiro atoms. The van der Waals surface area contributed by atoms with Gasteiger partial charge in [-0.3, -0.25) is 0 Å². The molecular formula is C22H25F3O. The van der Waals surface area contributed by atoms with E-state index in [1.54, 1.807) is 0 Å². The van der Waals surface area contributed by atoms with Gasteiger partial charge in [-0.15, -0.1) is 0 Å². The Morgan fingerprint density at radius 2 is 1.54 bits per heavy atom. The molecular weight excluding hydrogens is 337 g/mol. The molecule has 0 atom stereocenters. The van der Waals surface area contributed by atoms with Crippen molar-refractivity contribution in [2.75, 3.05) is 0 Å². The Morgan fingerprint density at radius 1 is 0.885 bits per heavy atom. The first-order valence-corrected chi connectivity index (χ1v) is 9.43. The Labute approximate surface area is 153 Å². The molecule has 1 saturated carbocycles. The van der Waals surface area contributed by atoms with E-state index in [-0.39, 0.29) is 12.2 Å². The molecule has 3 rings (SSSR count). The minimum absolute atomic E-state index is 0.00206. The lowest BCUT2D eigenvalue weighted by molar-refractivity contribution is 0.296. The van der Waals surface area contributed by atoms with Gasteiger partial charge >= 0.3 is 0 Å². The van der Waals surface area contributed by atoms with Gasteiger partial charge in [0.05, 0.1) is 0 Å². The van der Waals surface area contributed by atoms with Crippen LogP contribution < -0.4 is 4.74 Å². The van der Waals surface area contributed by atoms with E-state index < -0.39 is 17.5 Å². The summed E-state index contributed by atoms with van der Waals surface area (Å²) in [6.45, 7) is 2.11. The zero-order valence-electron chi connectivity index (χ0n) is 15.1. The monoisotopic (exact) mass is 362 g/mol. The quantitative estimate of drug-likeness (QED) is 0.516. The fraction of sp³-hybridized carbons (Fsp3) is 0.455. The van der Waals surface area contributed by atoms with Crippen LogP contribution in [0.4, 0.5) is 13.2 Å². The average molecular weight is 362 g/mol. The second kappa shape index (κ2) is 8.61. The third-order valence-corrected chi connectivity index (χ3v) is 5.38.